The van der Waals surface area contributed by atoms with E-state index in [1.54, 1.807) is 24.8 Å². The van der Waals surface area contributed by atoms with Gasteiger partial charge in [0.1, 0.15) is 11.3 Å². The van der Waals surface area contributed by atoms with Gasteiger partial charge in [0.2, 0.25) is 0 Å². The maximum absolute atomic E-state index is 4.77. The summed E-state index contributed by atoms with van der Waals surface area (Å²) in [4.78, 5) is 12.2. The molecule has 2 N–H and O–H groups in total. The van der Waals surface area contributed by atoms with Gasteiger partial charge in [-0.2, -0.15) is 10.2 Å². The largest absolute Gasteiger partial charge is 0.335 e. The average Bonchev–Trinajstić information content (AvgIpc) is 3.40. The van der Waals surface area contributed by atoms with Gasteiger partial charge in [0.05, 0.1) is 30.2 Å². The lowest BCUT2D eigenvalue weighted by Gasteiger charge is -2.02. The van der Waals surface area contributed by atoms with E-state index in [9.17, 15) is 0 Å². The molecule has 4 aromatic heterocycles. The van der Waals surface area contributed by atoms with Crippen molar-refractivity contribution in [2.75, 3.05) is 0 Å². The van der Waals surface area contributed by atoms with Crippen molar-refractivity contribution in [3.63, 3.8) is 0 Å². The molecule has 0 atom stereocenters. The maximum atomic E-state index is 4.77. The van der Waals surface area contributed by atoms with Gasteiger partial charge in [-0.3, -0.25) is 10.1 Å². The van der Waals surface area contributed by atoms with Crippen LogP contribution in [0, 0.1) is 0 Å². The van der Waals surface area contributed by atoms with E-state index < -0.39 is 0 Å². The summed E-state index contributed by atoms with van der Waals surface area (Å²) in [6.07, 6.45) is 7.16. The minimum atomic E-state index is 0.646. The lowest BCUT2D eigenvalue weighted by atomic mass is 10.1. The van der Waals surface area contributed by atoms with E-state index in [1.807, 2.05) is 47.1 Å². The van der Waals surface area contributed by atoms with E-state index >= 15 is 0 Å². The highest BCUT2D eigenvalue weighted by Gasteiger charge is 2.16. The molecule has 7 heteroatoms. The fourth-order valence-corrected chi connectivity index (χ4v) is 3.04. The highest BCUT2D eigenvalue weighted by molar-refractivity contribution is 5.82. The summed E-state index contributed by atoms with van der Waals surface area (Å²) >= 11 is 0. The van der Waals surface area contributed by atoms with Gasteiger partial charge in [0.15, 0.2) is 5.65 Å². The molecule has 0 radical (unpaired) electrons. The van der Waals surface area contributed by atoms with Crippen LogP contribution in [-0.4, -0.2) is 34.9 Å². The minimum absolute atomic E-state index is 0.646. The standard InChI is InChI=1S/C19H15N7/c1-2-4-14(5-3-1)17-15(10-21-25-17)18-23-16-11-22-26(19(16)24-18)12-13-6-8-20-9-7-13/h1-11H,12H2,(H,21,25)(H,23,24). The highest BCUT2D eigenvalue weighted by atomic mass is 15.3. The predicted molar refractivity (Wildman–Crippen MR) is 98.2 cm³/mol. The normalized spacial score (nSPS) is 11.2. The van der Waals surface area contributed by atoms with Gasteiger partial charge >= 0.3 is 0 Å². The SMILES string of the molecule is c1ccc(-c2[nH]ncc2-c2nc3c(cnn3Cc3ccncc3)[nH]2)cc1. The number of rotatable bonds is 4. The highest BCUT2D eigenvalue weighted by Crippen LogP contribution is 2.29. The first-order valence-corrected chi connectivity index (χ1v) is 8.28. The van der Waals surface area contributed by atoms with E-state index in [1.165, 1.54) is 0 Å². The second-order valence-electron chi connectivity index (χ2n) is 6.01. The zero-order valence-corrected chi connectivity index (χ0v) is 13.8. The lowest BCUT2D eigenvalue weighted by Crippen LogP contribution is -2.01. The molecule has 1 aromatic carbocycles. The molecule has 0 spiro atoms. The topological polar surface area (TPSA) is 88.1 Å². The third-order valence-electron chi connectivity index (χ3n) is 4.32. The van der Waals surface area contributed by atoms with Crippen molar-refractivity contribution < 1.29 is 0 Å². The number of H-pyrrole nitrogens is 2. The quantitative estimate of drug-likeness (QED) is 0.525. The zero-order valence-electron chi connectivity index (χ0n) is 13.8. The Morgan fingerprint density at radius 3 is 2.65 bits per heavy atom. The van der Waals surface area contributed by atoms with Crippen LogP contribution in [0.3, 0.4) is 0 Å². The first kappa shape index (κ1) is 14.6. The van der Waals surface area contributed by atoms with Gasteiger partial charge in [0, 0.05) is 18.0 Å². The number of nitrogens with zero attached hydrogens (tertiary/aromatic N) is 5. The maximum Gasteiger partial charge on any atom is 0.177 e. The van der Waals surface area contributed by atoms with Crippen molar-refractivity contribution in [1.82, 2.24) is 34.9 Å². The van der Waals surface area contributed by atoms with Gasteiger partial charge in [-0.25, -0.2) is 9.67 Å². The second kappa shape index (κ2) is 5.96. The van der Waals surface area contributed by atoms with Gasteiger partial charge in [-0.05, 0) is 17.7 Å². The molecular formula is C19H15N7. The van der Waals surface area contributed by atoms with Crippen molar-refractivity contribution in [3.8, 4) is 22.6 Å². The van der Waals surface area contributed by atoms with Crippen LogP contribution in [0.5, 0.6) is 0 Å². The van der Waals surface area contributed by atoms with Crippen LogP contribution in [0.1, 0.15) is 5.56 Å². The van der Waals surface area contributed by atoms with Gasteiger partial charge < -0.3 is 4.98 Å². The molecule has 0 saturated carbocycles. The number of hydrogen-bond donors (Lipinski definition) is 2. The molecular weight excluding hydrogens is 326 g/mol. The van der Waals surface area contributed by atoms with E-state index in [4.69, 9.17) is 4.98 Å². The van der Waals surface area contributed by atoms with Crippen LogP contribution < -0.4 is 0 Å². The fourth-order valence-electron chi connectivity index (χ4n) is 3.04. The average molecular weight is 341 g/mol. The molecule has 0 aliphatic rings. The Labute approximate surface area is 148 Å². The van der Waals surface area contributed by atoms with Crippen LogP contribution in [0.4, 0.5) is 0 Å². The molecule has 4 heterocycles. The number of imidazole rings is 1. The number of aromatic amines is 2. The summed E-state index contributed by atoms with van der Waals surface area (Å²) in [5.41, 5.74) is 5.78. The molecule has 0 unspecified atom stereocenters. The van der Waals surface area contributed by atoms with E-state index in [2.05, 4.69) is 25.3 Å². The number of nitrogens with one attached hydrogen (secondary N) is 2. The molecule has 5 aromatic rings. The van der Waals surface area contributed by atoms with Crippen molar-refractivity contribution in [1.29, 1.82) is 0 Å². The molecule has 5 rings (SSSR count). The minimum Gasteiger partial charge on any atom is -0.335 e. The molecule has 7 nitrogen and oxygen atoms in total. The smallest absolute Gasteiger partial charge is 0.177 e. The monoisotopic (exact) mass is 341 g/mol. The number of pyridine rings is 1. The summed E-state index contributed by atoms with van der Waals surface area (Å²) in [6.45, 7) is 0.646. The summed E-state index contributed by atoms with van der Waals surface area (Å²) in [5.74, 6) is 0.772. The molecule has 0 bridgehead atoms. The third kappa shape index (κ3) is 2.46. The first-order chi connectivity index (χ1) is 12.9. The van der Waals surface area contributed by atoms with Crippen molar-refractivity contribution in [2.24, 2.45) is 0 Å². The zero-order chi connectivity index (χ0) is 17.3. The van der Waals surface area contributed by atoms with Crippen LogP contribution in [0.15, 0.2) is 67.3 Å². The predicted octanol–water partition coefficient (Wildman–Crippen LogP) is 3.26. The number of benzene rings is 1. The summed E-state index contributed by atoms with van der Waals surface area (Å²) in [6, 6.07) is 14.1. The summed E-state index contributed by atoms with van der Waals surface area (Å²) in [5, 5.41) is 11.7. The molecule has 0 amide bonds. The van der Waals surface area contributed by atoms with Crippen molar-refractivity contribution in [2.45, 2.75) is 6.54 Å². The molecule has 26 heavy (non-hydrogen) atoms. The van der Waals surface area contributed by atoms with Crippen molar-refractivity contribution >= 4 is 11.2 Å². The van der Waals surface area contributed by atoms with E-state index in [0.29, 0.717) is 6.54 Å². The van der Waals surface area contributed by atoms with E-state index in [0.717, 1.165) is 39.4 Å². The van der Waals surface area contributed by atoms with Crippen LogP contribution in [0.2, 0.25) is 0 Å². The van der Waals surface area contributed by atoms with Crippen LogP contribution >= 0.6 is 0 Å². The fraction of sp³-hybridized carbons (Fsp3) is 0.0526. The Kier molecular flexibility index (Phi) is 3.35. The third-order valence-corrected chi connectivity index (χ3v) is 4.32. The summed E-state index contributed by atoms with van der Waals surface area (Å²) in [7, 11) is 0. The molecule has 0 aliphatic carbocycles. The Morgan fingerprint density at radius 1 is 0.962 bits per heavy atom. The Balaban J connectivity index is 1.55. The van der Waals surface area contributed by atoms with Gasteiger partial charge in [-0.1, -0.05) is 30.3 Å². The first-order valence-electron chi connectivity index (χ1n) is 8.28. The van der Waals surface area contributed by atoms with Crippen LogP contribution in [-0.2, 0) is 6.54 Å². The van der Waals surface area contributed by atoms with E-state index in [-0.39, 0.29) is 0 Å². The Bertz CT molecular complexity index is 1150. The molecule has 126 valence electrons. The molecule has 0 saturated heterocycles. The second-order valence-corrected chi connectivity index (χ2v) is 6.01. The van der Waals surface area contributed by atoms with Gasteiger partial charge in [0.25, 0.3) is 0 Å². The van der Waals surface area contributed by atoms with Crippen LogP contribution in [0.25, 0.3) is 33.8 Å². The number of fused-ring (bicyclic) bond motifs is 1. The molecule has 0 fully saturated rings. The van der Waals surface area contributed by atoms with Gasteiger partial charge in [-0.15, -0.1) is 0 Å². The number of hydrogen-bond acceptors (Lipinski definition) is 4. The Hall–Kier alpha value is -3.74. The Morgan fingerprint density at radius 2 is 1.81 bits per heavy atom. The van der Waals surface area contributed by atoms with Crippen molar-refractivity contribution in [3.05, 3.63) is 72.8 Å². The lowest BCUT2D eigenvalue weighted by molar-refractivity contribution is 0.704. The summed E-state index contributed by atoms with van der Waals surface area (Å²) < 4.78 is 1.88. The molecule has 0 aliphatic heterocycles. The number of aromatic nitrogens is 7.